The molecule has 0 aliphatic rings. The molecule has 0 bridgehead atoms. The first-order valence-corrected chi connectivity index (χ1v) is 6.84. The van der Waals surface area contributed by atoms with Gasteiger partial charge in [0.2, 0.25) is 0 Å². The van der Waals surface area contributed by atoms with E-state index in [2.05, 4.69) is 10.4 Å². The predicted octanol–water partition coefficient (Wildman–Crippen LogP) is 3.18. The molecule has 20 heavy (non-hydrogen) atoms. The highest BCUT2D eigenvalue weighted by Gasteiger charge is 2.19. The number of carbonyl (C=O) groups excluding carboxylic acids is 1. The maximum atomic E-state index is 12.4. The highest BCUT2D eigenvalue weighted by molar-refractivity contribution is 6.30. The van der Waals surface area contributed by atoms with Crippen molar-refractivity contribution in [1.82, 2.24) is 15.1 Å². The van der Waals surface area contributed by atoms with Crippen LogP contribution in [-0.4, -0.2) is 15.7 Å². The lowest BCUT2D eigenvalue weighted by Crippen LogP contribution is -2.27. The smallest absolute Gasteiger partial charge is 0.255 e. The Balaban J connectivity index is 2.17. The summed E-state index contributed by atoms with van der Waals surface area (Å²) >= 11 is 5.86. The van der Waals surface area contributed by atoms with Crippen LogP contribution in [0.15, 0.2) is 24.3 Å². The zero-order valence-corrected chi connectivity index (χ0v) is 12.8. The third-order valence-corrected chi connectivity index (χ3v) is 3.71. The number of aromatic nitrogens is 2. The van der Waals surface area contributed by atoms with Gasteiger partial charge in [0.1, 0.15) is 0 Å². The average molecular weight is 292 g/mol. The topological polar surface area (TPSA) is 46.9 Å². The lowest BCUT2D eigenvalue weighted by molar-refractivity contribution is 0.0938. The van der Waals surface area contributed by atoms with Gasteiger partial charge in [0.25, 0.3) is 5.91 Å². The molecule has 2 aromatic rings. The summed E-state index contributed by atoms with van der Waals surface area (Å²) in [6, 6.07) is 7.38. The standard InChI is InChI=1S/C15H18ClN3O/c1-9(12-5-7-13(16)8-6-12)17-15(20)14-10(2)18-19(4)11(14)3/h5-9H,1-4H3,(H,17,20). The zero-order chi connectivity index (χ0) is 14.9. The van der Waals surface area contributed by atoms with E-state index in [4.69, 9.17) is 11.6 Å². The van der Waals surface area contributed by atoms with Crippen molar-refractivity contribution in [3.8, 4) is 0 Å². The van der Waals surface area contributed by atoms with Crippen LogP contribution in [-0.2, 0) is 7.05 Å². The number of nitrogens with one attached hydrogen (secondary N) is 1. The molecule has 4 nitrogen and oxygen atoms in total. The second-order valence-corrected chi connectivity index (χ2v) is 5.35. The monoisotopic (exact) mass is 291 g/mol. The molecule has 2 rings (SSSR count). The Morgan fingerprint density at radius 2 is 1.90 bits per heavy atom. The van der Waals surface area contributed by atoms with Gasteiger partial charge in [0.05, 0.1) is 17.3 Å². The summed E-state index contributed by atoms with van der Waals surface area (Å²) in [6.45, 7) is 5.68. The molecule has 1 N–H and O–H groups in total. The normalized spacial score (nSPS) is 12.2. The number of hydrogen-bond acceptors (Lipinski definition) is 2. The van der Waals surface area contributed by atoms with Crippen LogP contribution in [0.5, 0.6) is 0 Å². The first kappa shape index (κ1) is 14.6. The summed E-state index contributed by atoms with van der Waals surface area (Å²) in [5.74, 6) is -0.101. The van der Waals surface area contributed by atoms with E-state index in [9.17, 15) is 4.79 Å². The van der Waals surface area contributed by atoms with Crippen LogP contribution in [0.4, 0.5) is 0 Å². The van der Waals surface area contributed by atoms with E-state index in [-0.39, 0.29) is 11.9 Å². The fourth-order valence-electron chi connectivity index (χ4n) is 2.21. The van der Waals surface area contributed by atoms with E-state index in [1.54, 1.807) is 4.68 Å². The van der Waals surface area contributed by atoms with Gasteiger partial charge in [-0.2, -0.15) is 5.10 Å². The molecule has 1 heterocycles. The molecule has 0 radical (unpaired) electrons. The third kappa shape index (κ3) is 2.85. The minimum atomic E-state index is -0.101. The van der Waals surface area contributed by atoms with Gasteiger partial charge in [-0.25, -0.2) is 0 Å². The van der Waals surface area contributed by atoms with E-state index >= 15 is 0 Å². The Morgan fingerprint density at radius 3 is 2.40 bits per heavy atom. The van der Waals surface area contributed by atoms with Crippen molar-refractivity contribution >= 4 is 17.5 Å². The molecule has 0 fully saturated rings. The van der Waals surface area contributed by atoms with E-state index in [0.717, 1.165) is 17.0 Å². The molecule has 1 amide bonds. The number of hydrogen-bond donors (Lipinski definition) is 1. The van der Waals surface area contributed by atoms with Gasteiger partial charge in [-0.15, -0.1) is 0 Å². The molecule has 0 saturated heterocycles. The maximum absolute atomic E-state index is 12.4. The van der Waals surface area contributed by atoms with Crippen molar-refractivity contribution < 1.29 is 4.79 Å². The quantitative estimate of drug-likeness (QED) is 0.944. The number of amides is 1. The molecule has 106 valence electrons. The second-order valence-electron chi connectivity index (χ2n) is 4.92. The summed E-state index contributed by atoms with van der Waals surface area (Å²) in [6.07, 6.45) is 0. The zero-order valence-electron chi connectivity index (χ0n) is 12.1. The molecule has 0 aliphatic carbocycles. The van der Waals surface area contributed by atoms with E-state index in [1.807, 2.05) is 52.1 Å². The van der Waals surface area contributed by atoms with Gasteiger partial charge in [-0.3, -0.25) is 9.48 Å². The highest BCUT2D eigenvalue weighted by atomic mass is 35.5. The molecule has 1 unspecified atom stereocenters. The SMILES string of the molecule is Cc1nn(C)c(C)c1C(=O)NC(C)c1ccc(Cl)cc1. The molecule has 0 aliphatic heterocycles. The average Bonchev–Trinajstić information content (AvgIpc) is 2.63. The van der Waals surface area contributed by atoms with E-state index < -0.39 is 0 Å². The number of rotatable bonds is 3. The molecule has 1 atom stereocenters. The second kappa shape index (κ2) is 5.67. The molecule has 0 spiro atoms. The molecule has 1 aromatic carbocycles. The van der Waals surface area contributed by atoms with Crippen molar-refractivity contribution in [1.29, 1.82) is 0 Å². The summed E-state index contributed by atoms with van der Waals surface area (Å²) in [5.41, 5.74) is 3.27. The van der Waals surface area contributed by atoms with Crippen LogP contribution in [0.3, 0.4) is 0 Å². The van der Waals surface area contributed by atoms with Crippen molar-refractivity contribution in [2.45, 2.75) is 26.8 Å². The summed E-state index contributed by atoms with van der Waals surface area (Å²) in [4.78, 5) is 12.4. The van der Waals surface area contributed by atoms with Gasteiger partial charge < -0.3 is 5.32 Å². The Bertz CT molecular complexity index is 631. The Morgan fingerprint density at radius 1 is 1.30 bits per heavy atom. The predicted molar refractivity (Wildman–Crippen MR) is 80.0 cm³/mol. The van der Waals surface area contributed by atoms with Crippen molar-refractivity contribution in [2.75, 3.05) is 0 Å². The van der Waals surface area contributed by atoms with E-state index in [0.29, 0.717) is 10.6 Å². The largest absolute Gasteiger partial charge is 0.345 e. The fourth-order valence-corrected chi connectivity index (χ4v) is 2.33. The Kier molecular flexibility index (Phi) is 4.14. The van der Waals surface area contributed by atoms with Crippen LogP contribution in [0, 0.1) is 13.8 Å². The van der Waals surface area contributed by atoms with Crippen LogP contribution >= 0.6 is 11.6 Å². The fraction of sp³-hybridized carbons (Fsp3) is 0.333. The number of nitrogens with zero attached hydrogens (tertiary/aromatic N) is 2. The van der Waals surface area contributed by atoms with Crippen molar-refractivity contribution in [2.24, 2.45) is 7.05 Å². The van der Waals surface area contributed by atoms with Crippen LogP contribution < -0.4 is 5.32 Å². The number of aryl methyl sites for hydroxylation is 2. The van der Waals surface area contributed by atoms with Gasteiger partial charge in [-0.1, -0.05) is 23.7 Å². The lowest BCUT2D eigenvalue weighted by Gasteiger charge is -2.14. The maximum Gasteiger partial charge on any atom is 0.255 e. The van der Waals surface area contributed by atoms with E-state index in [1.165, 1.54) is 0 Å². The van der Waals surface area contributed by atoms with Gasteiger partial charge in [0, 0.05) is 17.8 Å². The number of halogens is 1. The summed E-state index contributed by atoms with van der Waals surface area (Å²) < 4.78 is 1.72. The Labute approximate surface area is 123 Å². The lowest BCUT2D eigenvalue weighted by atomic mass is 10.1. The number of benzene rings is 1. The first-order valence-electron chi connectivity index (χ1n) is 6.46. The van der Waals surface area contributed by atoms with Crippen LogP contribution in [0.25, 0.3) is 0 Å². The van der Waals surface area contributed by atoms with Gasteiger partial charge in [0.15, 0.2) is 0 Å². The highest BCUT2D eigenvalue weighted by Crippen LogP contribution is 2.18. The Hall–Kier alpha value is -1.81. The van der Waals surface area contributed by atoms with Crippen LogP contribution in [0.1, 0.15) is 40.3 Å². The molecule has 1 aromatic heterocycles. The number of carbonyl (C=O) groups is 1. The third-order valence-electron chi connectivity index (χ3n) is 3.45. The van der Waals surface area contributed by atoms with Crippen molar-refractivity contribution in [3.05, 3.63) is 51.8 Å². The minimum absolute atomic E-state index is 0.0845. The van der Waals surface area contributed by atoms with Crippen LogP contribution in [0.2, 0.25) is 5.02 Å². The molecular formula is C15H18ClN3O. The van der Waals surface area contributed by atoms with Crippen molar-refractivity contribution in [3.63, 3.8) is 0 Å². The molecule has 5 heteroatoms. The van der Waals surface area contributed by atoms with Gasteiger partial charge in [-0.05, 0) is 38.5 Å². The van der Waals surface area contributed by atoms with Gasteiger partial charge >= 0.3 is 0 Å². The summed E-state index contributed by atoms with van der Waals surface area (Å²) in [5, 5.41) is 7.94. The molecule has 0 saturated carbocycles. The first-order chi connectivity index (χ1) is 9.40. The molecular weight excluding hydrogens is 274 g/mol. The minimum Gasteiger partial charge on any atom is -0.345 e. The summed E-state index contributed by atoms with van der Waals surface area (Å²) in [7, 11) is 1.84.